The van der Waals surface area contributed by atoms with Crippen molar-refractivity contribution >= 4 is 21.7 Å². The minimum Gasteiger partial charge on any atom is -0.354 e. The van der Waals surface area contributed by atoms with E-state index in [0.717, 1.165) is 85.6 Å². The number of piperazine rings is 1. The summed E-state index contributed by atoms with van der Waals surface area (Å²) in [6, 6.07) is 21.3. The van der Waals surface area contributed by atoms with Crippen LogP contribution in [0.4, 0.5) is 11.6 Å². The maximum atomic E-state index is 13.0. The molecule has 224 valence electrons. The van der Waals surface area contributed by atoms with Crippen LogP contribution in [0.15, 0.2) is 77.8 Å². The lowest BCUT2D eigenvalue weighted by Gasteiger charge is -2.32. The summed E-state index contributed by atoms with van der Waals surface area (Å²) in [4.78, 5) is 14.8. The molecule has 9 heteroatoms. The number of anilines is 2. The fourth-order valence-corrected chi connectivity index (χ4v) is 7.11. The third-order valence-electron chi connectivity index (χ3n) is 8.76. The van der Waals surface area contributed by atoms with E-state index >= 15 is 0 Å². The Labute approximate surface area is 255 Å². The number of sulfonamides is 1. The highest BCUT2D eigenvalue weighted by Crippen LogP contribution is 2.42. The van der Waals surface area contributed by atoms with Gasteiger partial charge in [-0.3, -0.25) is 4.72 Å². The highest BCUT2D eigenvalue weighted by Gasteiger charge is 2.27. The van der Waals surface area contributed by atoms with E-state index in [-0.39, 0.29) is 10.8 Å². The van der Waals surface area contributed by atoms with Gasteiger partial charge in [-0.05, 0) is 92.4 Å². The Hall–Kier alpha value is -3.79. The summed E-state index contributed by atoms with van der Waals surface area (Å²) in [5.74, 6) is 0.797. The molecule has 1 aliphatic heterocycles. The Morgan fingerprint density at radius 1 is 0.930 bits per heavy atom. The van der Waals surface area contributed by atoms with Gasteiger partial charge in [0.05, 0.1) is 10.6 Å². The first-order valence-electron chi connectivity index (χ1n) is 15.1. The van der Waals surface area contributed by atoms with Crippen LogP contribution < -0.4 is 10.0 Å². The van der Waals surface area contributed by atoms with Crippen molar-refractivity contribution in [3.8, 4) is 11.3 Å². The van der Waals surface area contributed by atoms with E-state index < -0.39 is 10.0 Å². The lowest BCUT2D eigenvalue weighted by atomic mass is 9.78. The van der Waals surface area contributed by atoms with Crippen molar-refractivity contribution < 1.29 is 8.42 Å². The molecule has 0 spiro atoms. The quantitative estimate of drug-likeness (QED) is 0.254. The van der Waals surface area contributed by atoms with Crippen LogP contribution in [0.3, 0.4) is 0 Å². The summed E-state index contributed by atoms with van der Waals surface area (Å²) in [5.41, 5.74) is 8.12. The van der Waals surface area contributed by atoms with Crippen LogP contribution in [0.2, 0.25) is 0 Å². The van der Waals surface area contributed by atoms with Crippen molar-refractivity contribution in [2.45, 2.75) is 37.5 Å². The van der Waals surface area contributed by atoms with Crippen LogP contribution in [0.25, 0.3) is 11.3 Å². The summed E-state index contributed by atoms with van der Waals surface area (Å²) in [5, 5.41) is 3.44. The fraction of sp³-hybridized carbons (Fsp3) is 0.353. The maximum absolute atomic E-state index is 13.0. The van der Waals surface area contributed by atoms with Crippen molar-refractivity contribution in [1.82, 2.24) is 19.8 Å². The molecule has 2 N–H and O–H groups in total. The Morgan fingerprint density at radius 3 is 2.47 bits per heavy atom. The smallest absolute Gasteiger partial charge is 0.261 e. The van der Waals surface area contributed by atoms with Crippen LogP contribution in [-0.4, -0.2) is 74.5 Å². The van der Waals surface area contributed by atoms with Gasteiger partial charge in [-0.15, -0.1) is 0 Å². The molecule has 3 aromatic carbocycles. The molecule has 0 amide bonds. The molecule has 1 atom stereocenters. The van der Waals surface area contributed by atoms with Gasteiger partial charge in [0, 0.05) is 56.1 Å². The molecule has 1 fully saturated rings. The maximum Gasteiger partial charge on any atom is 0.261 e. The minimum atomic E-state index is -3.68. The molecular formula is C34H40N6O2S. The predicted molar refractivity (Wildman–Crippen MR) is 173 cm³/mol. The lowest BCUT2D eigenvalue weighted by Crippen LogP contribution is -2.44. The molecule has 1 unspecified atom stereocenters. The van der Waals surface area contributed by atoms with Crippen LogP contribution in [0.5, 0.6) is 0 Å². The summed E-state index contributed by atoms with van der Waals surface area (Å²) in [6.07, 6.45) is 3.80. The zero-order valence-electron chi connectivity index (χ0n) is 25.2. The van der Waals surface area contributed by atoms with Crippen molar-refractivity contribution in [3.05, 3.63) is 101 Å². The number of hydrogen-bond donors (Lipinski definition) is 2. The van der Waals surface area contributed by atoms with Gasteiger partial charge in [0.15, 0.2) is 0 Å². The molecule has 2 heterocycles. The van der Waals surface area contributed by atoms with Crippen LogP contribution in [-0.2, 0) is 16.4 Å². The topological polar surface area (TPSA) is 90.5 Å². The largest absolute Gasteiger partial charge is 0.354 e. The molecule has 4 aromatic rings. The summed E-state index contributed by atoms with van der Waals surface area (Å²) in [7, 11) is -1.49. The zero-order chi connectivity index (χ0) is 30.0. The van der Waals surface area contributed by atoms with E-state index in [1.807, 2.05) is 50.4 Å². The third kappa shape index (κ3) is 6.59. The van der Waals surface area contributed by atoms with Crippen molar-refractivity contribution in [1.29, 1.82) is 0 Å². The molecule has 1 aliphatic carbocycles. The predicted octanol–water partition coefficient (Wildman–Crippen LogP) is 5.30. The summed E-state index contributed by atoms with van der Waals surface area (Å²) < 4.78 is 28.8. The number of aromatic nitrogens is 2. The van der Waals surface area contributed by atoms with Crippen LogP contribution in [0, 0.1) is 13.8 Å². The van der Waals surface area contributed by atoms with E-state index in [9.17, 15) is 8.42 Å². The van der Waals surface area contributed by atoms with Gasteiger partial charge in [0.25, 0.3) is 10.0 Å². The van der Waals surface area contributed by atoms with E-state index in [4.69, 9.17) is 4.98 Å². The third-order valence-corrected chi connectivity index (χ3v) is 10.1. The number of rotatable bonds is 9. The van der Waals surface area contributed by atoms with Crippen molar-refractivity contribution in [2.75, 3.05) is 56.4 Å². The number of nitrogens with zero attached hydrogens (tertiary/aromatic N) is 4. The number of likely N-dealkylation sites (N-methyl/N-ethyl adjacent to an activating group) is 1. The highest BCUT2D eigenvalue weighted by molar-refractivity contribution is 7.92. The molecule has 0 saturated carbocycles. The Kier molecular flexibility index (Phi) is 8.47. The van der Waals surface area contributed by atoms with Gasteiger partial charge < -0.3 is 15.1 Å². The first kappa shape index (κ1) is 29.3. The minimum absolute atomic E-state index is 0.125. The van der Waals surface area contributed by atoms with Gasteiger partial charge in [-0.25, -0.2) is 18.4 Å². The van der Waals surface area contributed by atoms with Crippen molar-refractivity contribution in [3.63, 3.8) is 0 Å². The number of benzene rings is 3. The second-order valence-corrected chi connectivity index (χ2v) is 13.5. The monoisotopic (exact) mass is 596 g/mol. The number of aryl methyl sites for hydroxylation is 2. The Morgan fingerprint density at radius 2 is 1.70 bits per heavy atom. The first-order valence-corrected chi connectivity index (χ1v) is 16.6. The van der Waals surface area contributed by atoms with E-state index in [1.54, 1.807) is 12.1 Å². The van der Waals surface area contributed by atoms with Gasteiger partial charge in [-0.1, -0.05) is 42.5 Å². The average molecular weight is 597 g/mol. The fourth-order valence-electron chi connectivity index (χ4n) is 5.97. The molecule has 1 saturated heterocycles. The number of hydrogen-bond acceptors (Lipinski definition) is 7. The molecule has 2 aliphatic rings. The SMILES string of the molecule is Cc1ccc(S(=O)(=O)Nc2ccc(C3Cc4cnc(NCCCN5CCN(C)CC5)nc4-c4ccccc43)cc2)cc1C. The molecule has 1 aromatic heterocycles. The summed E-state index contributed by atoms with van der Waals surface area (Å²) >= 11 is 0. The Bertz CT molecular complexity index is 1700. The second kappa shape index (κ2) is 12.4. The molecule has 43 heavy (non-hydrogen) atoms. The van der Waals surface area contributed by atoms with Gasteiger partial charge >= 0.3 is 0 Å². The standard InChI is InChI=1S/C34H40N6O2S/c1-24-9-14-29(21-25(24)2)43(41,42)38-28-12-10-26(11-13-28)32-22-27-23-36-34(37-33(27)31-8-5-4-7-30(31)32)35-15-6-16-40-19-17-39(3)18-20-40/h4-5,7-14,21,23,32,38H,6,15-20,22H2,1-3H3,(H,35,36,37). The summed E-state index contributed by atoms with van der Waals surface area (Å²) in [6.45, 7) is 10.4. The van der Waals surface area contributed by atoms with Crippen LogP contribution >= 0.6 is 0 Å². The second-order valence-electron chi connectivity index (χ2n) is 11.8. The van der Waals surface area contributed by atoms with Gasteiger partial charge in [-0.2, -0.15) is 0 Å². The molecular weight excluding hydrogens is 556 g/mol. The average Bonchev–Trinajstić information content (AvgIpc) is 3.01. The Balaban J connectivity index is 1.14. The van der Waals surface area contributed by atoms with E-state index in [1.165, 1.54) is 5.56 Å². The molecule has 8 nitrogen and oxygen atoms in total. The normalized spacial score (nSPS) is 17.2. The molecule has 6 rings (SSSR count). The zero-order valence-corrected chi connectivity index (χ0v) is 26.0. The number of fused-ring (bicyclic) bond motifs is 3. The van der Waals surface area contributed by atoms with E-state index in [2.05, 4.69) is 56.1 Å². The number of nitrogens with one attached hydrogen (secondary N) is 2. The van der Waals surface area contributed by atoms with Crippen molar-refractivity contribution in [2.24, 2.45) is 0 Å². The van der Waals surface area contributed by atoms with Crippen LogP contribution in [0.1, 0.15) is 40.2 Å². The van der Waals surface area contributed by atoms with E-state index in [0.29, 0.717) is 11.6 Å². The van der Waals surface area contributed by atoms with Gasteiger partial charge in [0.2, 0.25) is 5.95 Å². The van der Waals surface area contributed by atoms with Gasteiger partial charge in [0.1, 0.15) is 0 Å². The molecule has 0 radical (unpaired) electrons. The lowest BCUT2D eigenvalue weighted by molar-refractivity contribution is 0.154. The highest BCUT2D eigenvalue weighted by atomic mass is 32.2. The first-order chi connectivity index (χ1) is 20.8. The molecule has 0 bridgehead atoms.